The van der Waals surface area contributed by atoms with Crippen molar-refractivity contribution in [3.8, 4) is 6.07 Å². The van der Waals surface area contributed by atoms with Gasteiger partial charge in [-0.15, -0.1) is 0 Å². The molecule has 94 valence electrons. The highest BCUT2D eigenvalue weighted by Crippen LogP contribution is 2.19. The third-order valence-corrected chi connectivity index (χ3v) is 2.37. The molecule has 0 fully saturated rings. The first kappa shape index (κ1) is 12.5. The van der Waals surface area contributed by atoms with Gasteiger partial charge in [0.25, 0.3) is 0 Å². The highest BCUT2D eigenvalue weighted by atomic mass is 16.4. The number of nitrogens with one attached hydrogen (secondary N) is 1. The molecule has 2 rings (SSSR count). The fourth-order valence-electron chi connectivity index (χ4n) is 1.57. The van der Waals surface area contributed by atoms with E-state index in [0.29, 0.717) is 22.9 Å². The number of carboxylic acids is 1. The van der Waals surface area contributed by atoms with Gasteiger partial charge >= 0.3 is 5.97 Å². The summed E-state index contributed by atoms with van der Waals surface area (Å²) >= 11 is 0. The van der Waals surface area contributed by atoms with Crippen molar-refractivity contribution in [3.63, 3.8) is 0 Å². The first-order valence-electron chi connectivity index (χ1n) is 5.45. The lowest BCUT2D eigenvalue weighted by Crippen LogP contribution is -2.06. The third kappa shape index (κ3) is 2.84. The lowest BCUT2D eigenvalue weighted by Gasteiger charge is -2.08. The molecule has 0 radical (unpaired) electrons. The number of nitrogens with zero attached hydrogens (tertiary/aromatic N) is 3. The molecule has 0 saturated heterocycles. The summed E-state index contributed by atoms with van der Waals surface area (Å²) in [6.07, 6.45) is 0. The number of rotatable bonds is 3. The quantitative estimate of drug-likeness (QED) is 0.870. The van der Waals surface area contributed by atoms with Gasteiger partial charge in [0.05, 0.1) is 11.3 Å². The van der Waals surface area contributed by atoms with Crippen LogP contribution >= 0.6 is 0 Å². The molecule has 19 heavy (non-hydrogen) atoms. The van der Waals surface area contributed by atoms with Crippen LogP contribution in [0.15, 0.2) is 30.3 Å². The van der Waals surface area contributed by atoms with Crippen molar-refractivity contribution in [2.45, 2.75) is 6.92 Å². The Kier molecular flexibility index (Phi) is 3.39. The zero-order valence-corrected chi connectivity index (χ0v) is 10.1. The number of aryl methyl sites for hydroxylation is 1. The predicted octanol–water partition coefficient (Wildman–Crippen LogP) is 2.10. The summed E-state index contributed by atoms with van der Waals surface area (Å²) in [5.41, 5.74) is 0.930. The first-order valence-corrected chi connectivity index (χ1v) is 5.45. The number of anilines is 2. The second-order valence-corrected chi connectivity index (χ2v) is 3.77. The minimum atomic E-state index is -1.12. The Labute approximate surface area is 109 Å². The van der Waals surface area contributed by atoms with Crippen molar-refractivity contribution in [2.24, 2.45) is 0 Å². The molecule has 6 nitrogen and oxygen atoms in total. The van der Waals surface area contributed by atoms with Crippen LogP contribution < -0.4 is 5.32 Å². The minimum absolute atomic E-state index is 0.0931. The number of para-hydroxylation sites is 1. The maximum absolute atomic E-state index is 10.9. The summed E-state index contributed by atoms with van der Waals surface area (Å²) in [6, 6.07) is 10.3. The van der Waals surface area contributed by atoms with Crippen molar-refractivity contribution in [2.75, 3.05) is 5.32 Å². The van der Waals surface area contributed by atoms with E-state index in [-0.39, 0.29) is 5.69 Å². The number of hydrogen-bond acceptors (Lipinski definition) is 5. The Bertz CT molecular complexity index is 677. The number of carboxylic acid groups (broad SMARTS) is 1. The van der Waals surface area contributed by atoms with E-state index < -0.39 is 5.97 Å². The normalized spacial score (nSPS) is 9.68. The summed E-state index contributed by atoms with van der Waals surface area (Å²) in [4.78, 5) is 18.8. The molecule has 0 atom stereocenters. The number of aromatic carboxylic acids is 1. The Balaban J connectivity index is 2.39. The molecule has 0 aliphatic rings. The van der Waals surface area contributed by atoms with E-state index >= 15 is 0 Å². The van der Waals surface area contributed by atoms with E-state index in [1.54, 1.807) is 31.2 Å². The van der Waals surface area contributed by atoms with Gasteiger partial charge in [0.1, 0.15) is 17.7 Å². The van der Waals surface area contributed by atoms with Crippen molar-refractivity contribution >= 4 is 17.5 Å². The van der Waals surface area contributed by atoms with Gasteiger partial charge in [0.15, 0.2) is 5.69 Å². The molecule has 0 bridgehead atoms. The van der Waals surface area contributed by atoms with Crippen LogP contribution in [-0.4, -0.2) is 21.0 Å². The molecule has 0 unspecified atom stereocenters. The predicted molar refractivity (Wildman–Crippen MR) is 68.2 cm³/mol. The number of benzene rings is 1. The van der Waals surface area contributed by atoms with E-state index in [9.17, 15) is 4.79 Å². The monoisotopic (exact) mass is 254 g/mol. The van der Waals surface area contributed by atoms with Crippen molar-refractivity contribution in [1.29, 1.82) is 5.26 Å². The molecule has 0 aliphatic carbocycles. The fourth-order valence-corrected chi connectivity index (χ4v) is 1.57. The number of aromatic nitrogens is 2. The molecule has 1 aromatic heterocycles. The van der Waals surface area contributed by atoms with Crippen molar-refractivity contribution in [1.82, 2.24) is 9.97 Å². The molecular formula is C13H10N4O2. The molecule has 0 saturated carbocycles. The smallest absolute Gasteiger partial charge is 0.354 e. The molecule has 2 aromatic rings. The Hall–Kier alpha value is -2.94. The maximum atomic E-state index is 10.9. The summed E-state index contributed by atoms with van der Waals surface area (Å²) in [5, 5.41) is 20.8. The van der Waals surface area contributed by atoms with Crippen molar-refractivity contribution in [3.05, 3.63) is 47.4 Å². The average Bonchev–Trinajstić information content (AvgIpc) is 2.38. The topological polar surface area (TPSA) is 98.9 Å². The van der Waals surface area contributed by atoms with E-state index in [4.69, 9.17) is 10.4 Å². The second-order valence-electron chi connectivity index (χ2n) is 3.77. The van der Waals surface area contributed by atoms with Crippen LogP contribution in [0.5, 0.6) is 0 Å². The Morgan fingerprint density at radius 1 is 1.37 bits per heavy atom. The second kappa shape index (κ2) is 5.14. The number of hydrogen-bond donors (Lipinski definition) is 2. The van der Waals surface area contributed by atoms with Gasteiger partial charge in [-0.2, -0.15) is 5.26 Å². The highest BCUT2D eigenvalue weighted by Gasteiger charge is 2.09. The van der Waals surface area contributed by atoms with Crippen LogP contribution in [0.4, 0.5) is 11.5 Å². The van der Waals surface area contributed by atoms with Crippen LogP contribution in [0.1, 0.15) is 21.9 Å². The van der Waals surface area contributed by atoms with Crippen LogP contribution in [-0.2, 0) is 0 Å². The van der Waals surface area contributed by atoms with Gasteiger partial charge in [-0.05, 0) is 19.1 Å². The molecule has 0 aliphatic heterocycles. The van der Waals surface area contributed by atoms with E-state index in [2.05, 4.69) is 15.3 Å². The molecule has 6 heteroatoms. The van der Waals surface area contributed by atoms with Gasteiger partial charge < -0.3 is 10.4 Å². The Morgan fingerprint density at radius 2 is 2.11 bits per heavy atom. The number of carbonyl (C=O) groups is 1. The van der Waals surface area contributed by atoms with E-state index in [0.717, 1.165) is 0 Å². The van der Waals surface area contributed by atoms with E-state index in [1.165, 1.54) is 6.07 Å². The zero-order valence-electron chi connectivity index (χ0n) is 10.1. The van der Waals surface area contributed by atoms with E-state index in [1.807, 2.05) is 6.07 Å². The molecule has 1 aromatic carbocycles. The standard InChI is InChI=1S/C13H10N4O2/c1-8-15-11(13(18)19)6-12(16-8)17-10-5-3-2-4-9(10)7-14/h2-6H,1H3,(H,18,19)(H,15,16,17). The van der Waals surface area contributed by atoms with Gasteiger partial charge in [-0.1, -0.05) is 12.1 Å². The summed E-state index contributed by atoms with van der Waals surface area (Å²) < 4.78 is 0. The van der Waals surface area contributed by atoms with Crippen LogP contribution in [0.25, 0.3) is 0 Å². The minimum Gasteiger partial charge on any atom is -0.477 e. The van der Waals surface area contributed by atoms with Crippen LogP contribution in [0.2, 0.25) is 0 Å². The van der Waals surface area contributed by atoms with Crippen LogP contribution in [0.3, 0.4) is 0 Å². The summed E-state index contributed by atoms with van der Waals surface area (Å²) in [6.45, 7) is 1.60. The Morgan fingerprint density at radius 3 is 2.79 bits per heavy atom. The van der Waals surface area contributed by atoms with Gasteiger partial charge in [-0.25, -0.2) is 14.8 Å². The van der Waals surface area contributed by atoms with Gasteiger partial charge in [0, 0.05) is 6.07 Å². The summed E-state index contributed by atoms with van der Waals surface area (Å²) in [7, 11) is 0. The zero-order chi connectivity index (χ0) is 13.8. The first-order chi connectivity index (χ1) is 9.10. The molecule has 2 N–H and O–H groups in total. The van der Waals surface area contributed by atoms with Gasteiger partial charge in [-0.3, -0.25) is 0 Å². The maximum Gasteiger partial charge on any atom is 0.354 e. The SMILES string of the molecule is Cc1nc(Nc2ccccc2C#N)cc(C(=O)O)n1. The highest BCUT2D eigenvalue weighted by molar-refractivity contribution is 5.86. The molecule has 1 heterocycles. The lowest BCUT2D eigenvalue weighted by atomic mass is 10.2. The molecular weight excluding hydrogens is 244 g/mol. The van der Waals surface area contributed by atoms with Crippen LogP contribution in [0, 0.1) is 18.3 Å². The lowest BCUT2D eigenvalue weighted by molar-refractivity contribution is 0.0690. The number of nitriles is 1. The fraction of sp³-hybridized carbons (Fsp3) is 0.0769. The average molecular weight is 254 g/mol. The van der Waals surface area contributed by atoms with Gasteiger partial charge in [0.2, 0.25) is 0 Å². The largest absolute Gasteiger partial charge is 0.477 e. The molecule has 0 amide bonds. The third-order valence-electron chi connectivity index (χ3n) is 2.37. The van der Waals surface area contributed by atoms with Crippen molar-refractivity contribution < 1.29 is 9.90 Å². The molecule has 0 spiro atoms. The summed E-state index contributed by atoms with van der Waals surface area (Å²) in [5.74, 6) is -0.438.